The minimum absolute atomic E-state index is 0.0822. The highest BCUT2D eigenvalue weighted by Crippen LogP contribution is 2.23. The lowest BCUT2D eigenvalue weighted by Gasteiger charge is -2.17. The van der Waals surface area contributed by atoms with Gasteiger partial charge in [-0.1, -0.05) is 11.6 Å². The molecule has 0 saturated carbocycles. The summed E-state index contributed by atoms with van der Waals surface area (Å²) in [7, 11) is -4.09. The van der Waals surface area contributed by atoms with Gasteiger partial charge in [0.05, 0.1) is 10.6 Å². The SMILES string of the molecule is NS(=O)(=O)c1cc(C(=O)OCC(=O)Nc2ccc(N3CCCC3)cc2)ccc1Cl. The highest BCUT2D eigenvalue weighted by molar-refractivity contribution is 7.89. The maximum absolute atomic E-state index is 12.1. The number of hydrogen-bond acceptors (Lipinski definition) is 6. The van der Waals surface area contributed by atoms with Crippen molar-refractivity contribution in [3.05, 3.63) is 53.1 Å². The number of carbonyl (C=O) groups is 2. The number of primary sulfonamides is 1. The Labute approximate surface area is 173 Å². The predicted octanol–water partition coefficient (Wildman–Crippen LogP) is 2.38. The van der Waals surface area contributed by atoms with Crippen LogP contribution in [0.4, 0.5) is 11.4 Å². The van der Waals surface area contributed by atoms with Crippen LogP contribution in [-0.4, -0.2) is 40.0 Å². The highest BCUT2D eigenvalue weighted by Gasteiger charge is 2.18. The number of amides is 1. The summed E-state index contributed by atoms with van der Waals surface area (Å²) < 4.78 is 27.9. The lowest BCUT2D eigenvalue weighted by molar-refractivity contribution is -0.119. The molecule has 0 aromatic heterocycles. The van der Waals surface area contributed by atoms with Crippen molar-refractivity contribution in [2.75, 3.05) is 29.9 Å². The Hall–Kier alpha value is -2.62. The molecule has 10 heteroatoms. The number of nitrogens with two attached hydrogens (primary N) is 1. The van der Waals surface area contributed by atoms with Gasteiger partial charge in [0.1, 0.15) is 4.90 Å². The molecule has 0 unspecified atom stereocenters. The molecule has 1 saturated heterocycles. The third-order valence-electron chi connectivity index (χ3n) is 4.43. The minimum atomic E-state index is -4.09. The first kappa shape index (κ1) is 21.1. The van der Waals surface area contributed by atoms with Crippen molar-refractivity contribution in [1.82, 2.24) is 0 Å². The highest BCUT2D eigenvalue weighted by atomic mass is 35.5. The molecular formula is C19H20ClN3O5S. The smallest absolute Gasteiger partial charge is 0.338 e. The van der Waals surface area contributed by atoms with Crippen molar-refractivity contribution in [1.29, 1.82) is 0 Å². The number of sulfonamides is 1. The number of ether oxygens (including phenoxy) is 1. The van der Waals surface area contributed by atoms with Crippen LogP contribution in [-0.2, 0) is 19.6 Å². The zero-order chi connectivity index (χ0) is 21.0. The lowest BCUT2D eigenvalue weighted by Crippen LogP contribution is -2.21. The molecule has 0 aliphatic carbocycles. The van der Waals surface area contributed by atoms with Gasteiger partial charge in [0.25, 0.3) is 5.91 Å². The number of esters is 1. The molecule has 1 amide bonds. The van der Waals surface area contributed by atoms with Crippen LogP contribution in [0.15, 0.2) is 47.4 Å². The molecule has 1 aliphatic rings. The fourth-order valence-electron chi connectivity index (χ4n) is 2.99. The molecule has 3 N–H and O–H groups in total. The number of hydrogen-bond donors (Lipinski definition) is 2. The second kappa shape index (κ2) is 8.81. The molecule has 2 aromatic carbocycles. The standard InChI is InChI=1S/C19H20ClN3O5S/c20-16-8-3-13(11-17(16)29(21,26)27)19(25)28-12-18(24)22-14-4-6-15(7-5-14)23-9-1-2-10-23/h3-8,11H,1-2,9-10,12H2,(H,22,24)(H2,21,26,27). The average Bonchev–Trinajstić information content (AvgIpc) is 3.21. The zero-order valence-electron chi connectivity index (χ0n) is 15.4. The van der Waals surface area contributed by atoms with E-state index in [1.165, 1.54) is 25.0 Å². The average molecular weight is 438 g/mol. The molecule has 0 atom stereocenters. The molecule has 154 valence electrons. The third kappa shape index (κ3) is 5.47. The number of rotatable bonds is 6. The quantitative estimate of drug-likeness (QED) is 0.669. The first-order chi connectivity index (χ1) is 13.7. The Balaban J connectivity index is 1.56. The van der Waals surface area contributed by atoms with Crippen LogP contribution in [0.3, 0.4) is 0 Å². The van der Waals surface area contributed by atoms with Crippen LogP contribution in [0, 0.1) is 0 Å². The van der Waals surface area contributed by atoms with Crippen LogP contribution >= 0.6 is 11.6 Å². The summed E-state index contributed by atoms with van der Waals surface area (Å²) in [6.07, 6.45) is 2.35. The fourth-order valence-corrected chi connectivity index (χ4v) is 4.06. The summed E-state index contributed by atoms with van der Waals surface area (Å²) in [4.78, 5) is 26.0. The zero-order valence-corrected chi connectivity index (χ0v) is 17.0. The Morgan fingerprint density at radius 3 is 2.38 bits per heavy atom. The van der Waals surface area contributed by atoms with E-state index in [0.717, 1.165) is 24.8 Å². The molecular weight excluding hydrogens is 418 g/mol. The Kier molecular flexibility index (Phi) is 6.41. The normalized spacial score (nSPS) is 13.9. The van der Waals surface area contributed by atoms with E-state index in [0.29, 0.717) is 5.69 Å². The van der Waals surface area contributed by atoms with Gasteiger partial charge in [0.15, 0.2) is 6.61 Å². The monoisotopic (exact) mass is 437 g/mol. The van der Waals surface area contributed by atoms with E-state index in [9.17, 15) is 18.0 Å². The molecule has 3 rings (SSSR count). The molecule has 8 nitrogen and oxygen atoms in total. The Morgan fingerprint density at radius 1 is 1.10 bits per heavy atom. The number of halogens is 1. The second-order valence-corrected chi connectivity index (χ2v) is 8.49. The van der Waals surface area contributed by atoms with Gasteiger partial charge >= 0.3 is 5.97 Å². The van der Waals surface area contributed by atoms with Crippen molar-refractivity contribution in [2.45, 2.75) is 17.7 Å². The Bertz CT molecular complexity index is 1020. The number of nitrogens with one attached hydrogen (secondary N) is 1. The molecule has 0 spiro atoms. The predicted molar refractivity (Wildman–Crippen MR) is 110 cm³/mol. The Morgan fingerprint density at radius 2 is 1.76 bits per heavy atom. The van der Waals surface area contributed by atoms with Gasteiger partial charge in [0, 0.05) is 24.5 Å². The molecule has 29 heavy (non-hydrogen) atoms. The van der Waals surface area contributed by atoms with E-state index in [2.05, 4.69) is 10.2 Å². The van der Waals surface area contributed by atoms with E-state index < -0.39 is 33.4 Å². The van der Waals surface area contributed by atoms with Gasteiger partial charge in [-0.25, -0.2) is 18.4 Å². The van der Waals surface area contributed by atoms with Crippen molar-refractivity contribution < 1.29 is 22.7 Å². The van der Waals surface area contributed by atoms with E-state index in [1.54, 1.807) is 12.1 Å². The van der Waals surface area contributed by atoms with Crippen LogP contribution in [0.5, 0.6) is 0 Å². The first-order valence-electron chi connectivity index (χ1n) is 8.88. The van der Waals surface area contributed by atoms with Crippen LogP contribution < -0.4 is 15.4 Å². The fraction of sp³-hybridized carbons (Fsp3) is 0.263. The maximum atomic E-state index is 12.1. The second-order valence-electron chi connectivity index (χ2n) is 6.56. The molecule has 1 heterocycles. The number of carbonyl (C=O) groups excluding carboxylic acids is 2. The van der Waals surface area contributed by atoms with Gasteiger partial charge in [-0.2, -0.15) is 0 Å². The molecule has 0 bridgehead atoms. The van der Waals surface area contributed by atoms with Crippen LogP contribution in [0.25, 0.3) is 0 Å². The first-order valence-corrected chi connectivity index (χ1v) is 10.8. The summed E-state index contributed by atoms with van der Waals surface area (Å²) in [6, 6.07) is 10.9. The van der Waals surface area contributed by atoms with Gasteiger partial charge < -0.3 is 15.0 Å². The van der Waals surface area contributed by atoms with E-state index in [1.807, 2.05) is 12.1 Å². The lowest BCUT2D eigenvalue weighted by atomic mass is 10.2. The third-order valence-corrected chi connectivity index (χ3v) is 5.82. The van der Waals surface area contributed by atoms with Gasteiger partial charge in [0.2, 0.25) is 10.0 Å². The number of nitrogens with zero attached hydrogens (tertiary/aromatic N) is 1. The van der Waals surface area contributed by atoms with Crippen LogP contribution in [0.2, 0.25) is 5.02 Å². The van der Waals surface area contributed by atoms with Crippen molar-refractivity contribution in [3.8, 4) is 0 Å². The molecule has 1 fully saturated rings. The molecule has 0 radical (unpaired) electrons. The summed E-state index contributed by atoms with van der Waals surface area (Å²) in [5, 5.41) is 7.58. The van der Waals surface area contributed by atoms with Crippen LogP contribution in [0.1, 0.15) is 23.2 Å². The maximum Gasteiger partial charge on any atom is 0.338 e. The van der Waals surface area contributed by atoms with Gasteiger partial charge in [-0.3, -0.25) is 4.79 Å². The van der Waals surface area contributed by atoms with E-state index >= 15 is 0 Å². The van der Waals surface area contributed by atoms with Gasteiger partial charge in [-0.05, 0) is 55.3 Å². The van der Waals surface area contributed by atoms with E-state index in [-0.39, 0.29) is 10.6 Å². The molecule has 1 aliphatic heterocycles. The number of benzene rings is 2. The summed E-state index contributed by atoms with van der Waals surface area (Å²) in [5.41, 5.74) is 1.60. The van der Waals surface area contributed by atoms with Crippen molar-refractivity contribution >= 4 is 44.9 Å². The summed E-state index contributed by atoms with van der Waals surface area (Å²) in [5.74, 6) is -1.39. The summed E-state index contributed by atoms with van der Waals surface area (Å²) in [6.45, 7) is 1.53. The topological polar surface area (TPSA) is 119 Å². The largest absolute Gasteiger partial charge is 0.452 e. The van der Waals surface area contributed by atoms with Crippen molar-refractivity contribution in [2.24, 2.45) is 5.14 Å². The molecule has 2 aromatic rings. The van der Waals surface area contributed by atoms with Gasteiger partial charge in [-0.15, -0.1) is 0 Å². The van der Waals surface area contributed by atoms with Crippen molar-refractivity contribution in [3.63, 3.8) is 0 Å². The summed E-state index contributed by atoms with van der Waals surface area (Å²) >= 11 is 5.78. The number of anilines is 2. The van der Waals surface area contributed by atoms with E-state index in [4.69, 9.17) is 21.5 Å². The minimum Gasteiger partial charge on any atom is -0.452 e.